The van der Waals surface area contributed by atoms with Crippen LogP contribution in [0.1, 0.15) is 19.8 Å². The maximum absolute atomic E-state index is 10.8. The molecule has 66 valence electrons. The summed E-state index contributed by atoms with van der Waals surface area (Å²) in [6.07, 6.45) is 7.29. The predicted molar refractivity (Wildman–Crippen MR) is 44.2 cm³/mol. The van der Waals surface area contributed by atoms with Gasteiger partial charge in [0.1, 0.15) is 0 Å². The molecule has 0 radical (unpaired) electrons. The molecule has 0 heterocycles. The molecular formula is C9H12O3. The molecule has 0 spiro atoms. The monoisotopic (exact) mass is 168 g/mol. The summed E-state index contributed by atoms with van der Waals surface area (Å²) in [5.41, 5.74) is 0. The van der Waals surface area contributed by atoms with Gasteiger partial charge in [-0.2, -0.15) is 0 Å². The third kappa shape index (κ3) is 2.20. The summed E-state index contributed by atoms with van der Waals surface area (Å²) in [5, 5.41) is 9.59. The van der Waals surface area contributed by atoms with Gasteiger partial charge in [0.05, 0.1) is 0 Å². The molecule has 0 saturated heterocycles. The molecule has 3 heteroatoms. The Labute approximate surface area is 71.3 Å². The van der Waals surface area contributed by atoms with Gasteiger partial charge in [0.15, 0.2) is 0 Å². The van der Waals surface area contributed by atoms with Crippen LogP contribution >= 0.6 is 0 Å². The normalized spacial score (nSPS) is 27.2. The van der Waals surface area contributed by atoms with Gasteiger partial charge in [-0.25, -0.2) is 0 Å². The minimum Gasteiger partial charge on any atom is -0.429 e. The van der Waals surface area contributed by atoms with Crippen molar-refractivity contribution in [1.29, 1.82) is 0 Å². The van der Waals surface area contributed by atoms with Gasteiger partial charge < -0.3 is 9.84 Å². The van der Waals surface area contributed by atoms with Crippen LogP contribution in [0.5, 0.6) is 0 Å². The van der Waals surface area contributed by atoms with E-state index in [9.17, 15) is 9.90 Å². The van der Waals surface area contributed by atoms with E-state index in [1.54, 1.807) is 25.2 Å². The summed E-state index contributed by atoms with van der Waals surface area (Å²) in [6.45, 7) is 1.69. The zero-order chi connectivity index (χ0) is 9.03. The van der Waals surface area contributed by atoms with Gasteiger partial charge in [0.25, 0.3) is 0 Å². The van der Waals surface area contributed by atoms with Crippen LogP contribution in [0.2, 0.25) is 0 Å². The largest absolute Gasteiger partial charge is 0.429 e. The second-order valence-corrected chi connectivity index (χ2v) is 2.66. The molecular weight excluding hydrogens is 156 g/mol. The predicted octanol–water partition coefficient (Wildman–Crippen LogP) is 1.14. The van der Waals surface area contributed by atoms with Gasteiger partial charge in [0, 0.05) is 12.8 Å². The van der Waals surface area contributed by atoms with Crippen LogP contribution in [0.25, 0.3) is 0 Å². The fourth-order valence-corrected chi connectivity index (χ4v) is 0.934. The number of hydrogen-bond donors (Lipinski definition) is 1. The molecule has 1 atom stereocenters. The van der Waals surface area contributed by atoms with Crippen LogP contribution in [0.3, 0.4) is 0 Å². The van der Waals surface area contributed by atoms with Crippen LogP contribution < -0.4 is 0 Å². The number of carbonyl (C=O) groups excluding carboxylic acids is 1. The summed E-state index contributed by atoms with van der Waals surface area (Å²) in [6, 6.07) is 0. The molecule has 1 aliphatic rings. The van der Waals surface area contributed by atoms with Gasteiger partial charge in [-0.05, 0) is 6.08 Å². The molecule has 0 aromatic heterocycles. The maximum atomic E-state index is 10.8. The molecule has 0 saturated carbocycles. The quantitative estimate of drug-likeness (QED) is 0.497. The number of esters is 1. The smallest absolute Gasteiger partial charge is 0.308 e. The highest BCUT2D eigenvalue weighted by atomic mass is 16.7. The van der Waals surface area contributed by atoms with Crippen molar-refractivity contribution in [3.63, 3.8) is 0 Å². The fourth-order valence-electron chi connectivity index (χ4n) is 0.934. The van der Waals surface area contributed by atoms with Crippen LogP contribution in [-0.4, -0.2) is 16.9 Å². The maximum Gasteiger partial charge on any atom is 0.308 e. The molecule has 0 amide bonds. The number of allylic oxidation sites excluding steroid dienone is 2. The van der Waals surface area contributed by atoms with Gasteiger partial charge >= 0.3 is 5.97 Å². The van der Waals surface area contributed by atoms with Gasteiger partial charge in [-0.1, -0.05) is 25.2 Å². The first-order valence-electron chi connectivity index (χ1n) is 3.95. The van der Waals surface area contributed by atoms with Crippen LogP contribution in [0.15, 0.2) is 24.3 Å². The average molecular weight is 168 g/mol. The second-order valence-electron chi connectivity index (χ2n) is 2.66. The van der Waals surface area contributed by atoms with E-state index in [0.717, 1.165) is 0 Å². The van der Waals surface area contributed by atoms with E-state index in [1.165, 1.54) is 6.08 Å². The lowest BCUT2D eigenvalue weighted by Crippen LogP contribution is -2.32. The number of hydrogen-bond acceptors (Lipinski definition) is 3. The Morgan fingerprint density at radius 2 is 2.42 bits per heavy atom. The van der Waals surface area contributed by atoms with E-state index in [1.807, 2.05) is 0 Å². The van der Waals surface area contributed by atoms with E-state index in [2.05, 4.69) is 0 Å². The minimum absolute atomic E-state index is 0.278. The van der Waals surface area contributed by atoms with Crippen molar-refractivity contribution in [2.75, 3.05) is 0 Å². The number of rotatable bonds is 2. The summed E-state index contributed by atoms with van der Waals surface area (Å²) < 4.78 is 4.81. The molecule has 1 unspecified atom stereocenters. The first-order chi connectivity index (χ1) is 5.66. The van der Waals surface area contributed by atoms with E-state index < -0.39 is 11.8 Å². The molecule has 1 aliphatic carbocycles. The molecule has 0 bridgehead atoms. The van der Waals surface area contributed by atoms with E-state index in [4.69, 9.17) is 4.74 Å². The summed E-state index contributed by atoms with van der Waals surface area (Å²) in [4.78, 5) is 10.8. The molecule has 0 aromatic rings. The average Bonchev–Trinajstić information content (AvgIpc) is 2.05. The summed E-state index contributed by atoms with van der Waals surface area (Å²) in [7, 11) is 0. The third-order valence-electron chi connectivity index (χ3n) is 1.59. The standard InChI is InChI=1S/C9H12O3/c1-2-8(10)12-9(11)6-4-3-5-7-9/h3-6,11H,2,7H2,1H3. The van der Waals surface area contributed by atoms with Crippen molar-refractivity contribution >= 4 is 5.97 Å². The third-order valence-corrected chi connectivity index (χ3v) is 1.59. The molecule has 3 nitrogen and oxygen atoms in total. The number of aliphatic hydroxyl groups is 1. The van der Waals surface area contributed by atoms with Gasteiger partial charge in [0.2, 0.25) is 5.79 Å². The number of carbonyl (C=O) groups is 1. The number of ether oxygens (including phenoxy) is 1. The molecule has 0 fully saturated rings. The first kappa shape index (κ1) is 9.00. The SMILES string of the molecule is CCC(=O)OC1(O)C=CC=CC1. The zero-order valence-electron chi connectivity index (χ0n) is 6.99. The van der Waals surface area contributed by atoms with Crippen molar-refractivity contribution in [2.24, 2.45) is 0 Å². The van der Waals surface area contributed by atoms with Gasteiger partial charge in [-0.3, -0.25) is 4.79 Å². The van der Waals surface area contributed by atoms with Crippen LogP contribution in [-0.2, 0) is 9.53 Å². The van der Waals surface area contributed by atoms with Gasteiger partial charge in [-0.15, -0.1) is 0 Å². The highest BCUT2D eigenvalue weighted by Crippen LogP contribution is 2.19. The Morgan fingerprint density at radius 1 is 1.67 bits per heavy atom. The fraction of sp³-hybridized carbons (Fsp3) is 0.444. The topological polar surface area (TPSA) is 46.5 Å². The highest BCUT2D eigenvalue weighted by Gasteiger charge is 2.27. The van der Waals surface area contributed by atoms with Crippen molar-refractivity contribution < 1.29 is 14.6 Å². The Morgan fingerprint density at radius 3 is 2.92 bits per heavy atom. The molecule has 12 heavy (non-hydrogen) atoms. The summed E-state index contributed by atoms with van der Waals surface area (Å²) >= 11 is 0. The Kier molecular flexibility index (Phi) is 2.65. The van der Waals surface area contributed by atoms with Crippen molar-refractivity contribution in [3.8, 4) is 0 Å². The Hall–Kier alpha value is -1.09. The lowest BCUT2D eigenvalue weighted by Gasteiger charge is -2.24. The van der Waals surface area contributed by atoms with Crippen molar-refractivity contribution in [2.45, 2.75) is 25.6 Å². The van der Waals surface area contributed by atoms with Crippen molar-refractivity contribution in [1.82, 2.24) is 0 Å². The van der Waals surface area contributed by atoms with Crippen LogP contribution in [0, 0.1) is 0 Å². The van der Waals surface area contributed by atoms with E-state index >= 15 is 0 Å². The lowest BCUT2D eigenvalue weighted by atomic mass is 10.1. The Balaban J connectivity index is 2.55. The first-order valence-corrected chi connectivity index (χ1v) is 3.95. The van der Waals surface area contributed by atoms with E-state index in [-0.39, 0.29) is 6.42 Å². The van der Waals surface area contributed by atoms with Crippen molar-refractivity contribution in [3.05, 3.63) is 24.3 Å². The summed E-state index contributed by atoms with van der Waals surface area (Å²) in [5.74, 6) is -1.81. The van der Waals surface area contributed by atoms with Crippen LogP contribution in [0.4, 0.5) is 0 Å². The minimum atomic E-state index is -1.41. The molecule has 1 N–H and O–H groups in total. The second kappa shape index (κ2) is 3.54. The molecule has 0 aromatic carbocycles. The highest BCUT2D eigenvalue weighted by molar-refractivity contribution is 5.69. The molecule has 0 aliphatic heterocycles. The Bertz CT molecular complexity index is 230. The molecule has 1 rings (SSSR count). The van der Waals surface area contributed by atoms with E-state index in [0.29, 0.717) is 6.42 Å². The lowest BCUT2D eigenvalue weighted by molar-refractivity contribution is -0.189. The zero-order valence-corrected chi connectivity index (χ0v) is 6.99.